The molecule has 0 saturated carbocycles. The van der Waals surface area contributed by atoms with E-state index < -0.39 is 26.0 Å². The summed E-state index contributed by atoms with van der Waals surface area (Å²) < 4.78 is 60.8. The Balaban J connectivity index is 1.50. The molecule has 1 aromatic heterocycles. The Bertz CT molecular complexity index is 1690. The average Bonchev–Trinajstić information content (AvgIpc) is 3.42. The topological polar surface area (TPSA) is 131 Å². The first-order valence-corrected chi connectivity index (χ1v) is 15.2. The molecule has 4 rings (SSSR count). The average molecular weight is 613 g/mol. The first kappa shape index (κ1) is 27.7. The van der Waals surface area contributed by atoms with Crippen molar-refractivity contribution in [3.05, 3.63) is 93.8 Å². The molecule has 38 heavy (non-hydrogen) atoms. The molecule has 9 nitrogen and oxygen atoms in total. The molecule has 0 atom stereocenters. The minimum atomic E-state index is -4.06. The maximum absolute atomic E-state index is 12.9. The summed E-state index contributed by atoms with van der Waals surface area (Å²) in [5.74, 6) is -0.282. The summed E-state index contributed by atoms with van der Waals surface area (Å²) in [6.07, 6.45) is 0. The number of thiophene rings is 1. The number of hydrogen-bond acceptors (Lipinski definition) is 7. The van der Waals surface area contributed by atoms with Crippen LogP contribution in [0.25, 0.3) is 0 Å². The van der Waals surface area contributed by atoms with Crippen LogP contribution in [0.15, 0.2) is 87.3 Å². The van der Waals surface area contributed by atoms with E-state index in [-0.39, 0.29) is 41.8 Å². The van der Waals surface area contributed by atoms with Gasteiger partial charge in [-0.05, 0) is 72.1 Å². The Kier molecular flexibility index (Phi) is 8.19. The van der Waals surface area contributed by atoms with Gasteiger partial charge in [-0.25, -0.2) is 16.8 Å². The lowest BCUT2D eigenvalue weighted by Crippen LogP contribution is -2.15. The number of nitrogens with one attached hydrogen (secondary N) is 3. The molecule has 0 aliphatic rings. The van der Waals surface area contributed by atoms with Gasteiger partial charge in [0.2, 0.25) is 0 Å². The van der Waals surface area contributed by atoms with Crippen LogP contribution in [0.2, 0.25) is 10.0 Å². The van der Waals surface area contributed by atoms with Gasteiger partial charge in [0.1, 0.15) is 9.96 Å². The van der Waals surface area contributed by atoms with Crippen LogP contribution in [-0.4, -0.2) is 29.9 Å². The van der Waals surface area contributed by atoms with Crippen LogP contribution < -0.4 is 19.5 Å². The van der Waals surface area contributed by atoms with Gasteiger partial charge in [0, 0.05) is 16.9 Å². The number of carbonyl (C=O) groups is 1. The van der Waals surface area contributed by atoms with Crippen molar-refractivity contribution in [2.45, 2.75) is 9.10 Å². The van der Waals surface area contributed by atoms with Crippen LogP contribution in [0.4, 0.5) is 17.1 Å². The summed E-state index contributed by atoms with van der Waals surface area (Å²) in [5.41, 5.74) is 0.899. The maximum atomic E-state index is 12.9. The molecular formula is C24H19Cl2N3O6S3. The minimum Gasteiger partial charge on any atom is -0.495 e. The second kappa shape index (κ2) is 11.2. The molecule has 0 unspecified atom stereocenters. The van der Waals surface area contributed by atoms with E-state index in [9.17, 15) is 21.6 Å². The second-order valence-corrected chi connectivity index (χ2v) is 13.0. The smallest absolute Gasteiger partial charge is 0.271 e. The number of anilines is 3. The predicted octanol–water partition coefficient (Wildman–Crippen LogP) is 5.92. The van der Waals surface area contributed by atoms with E-state index in [1.807, 2.05) is 0 Å². The Morgan fingerprint density at radius 1 is 0.816 bits per heavy atom. The molecule has 1 heterocycles. The Morgan fingerprint density at radius 3 is 2.16 bits per heavy atom. The molecule has 0 radical (unpaired) electrons. The summed E-state index contributed by atoms with van der Waals surface area (Å²) in [5, 5.41) is 4.62. The van der Waals surface area contributed by atoms with Crippen LogP contribution >= 0.6 is 34.5 Å². The number of halogens is 2. The Morgan fingerprint density at radius 2 is 1.53 bits per heavy atom. The minimum absolute atomic E-state index is 0.0767. The van der Waals surface area contributed by atoms with E-state index in [0.29, 0.717) is 5.69 Å². The van der Waals surface area contributed by atoms with E-state index in [4.69, 9.17) is 27.9 Å². The largest absolute Gasteiger partial charge is 0.495 e. The molecule has 1 amide bonds. The third-order valence-corrected chi connectivity index (χ3v) is 9.94. The van der Waals surface area contributed by atoms with Gasteiger partial charge in [-0.1, -0.05) is 29.3 Å². The van der Waals surface area contributed by atoms with Crippen LogP contribution in [0, 0.1) is 0 Å². The first-order chi connectivity index (χ1) is 18.0. The van der Waals surface area contributed by atoms with Gasteiger partial charge in [-0.3, -0.25) is 14.2 Å². The highest BCUT2D eigenvalue weighted by molar-refractivity contribution is 7.94. The van der Waals surface area contributed by atoms with Crippen molar-refractivity contribution in [1.82, 2.24) is 0 Å². The van der Waals surface area contributed by atoms with Crippen molar-refractivity contribution in [2.75, 3.05) is 21.9 Å². The predicted molar refractivity (Wildman–Crippen MR) is 150 cm³/mol. The Labute approximate surface area is 233 Å². The fourth-order valence-electron chi connectivity index (χ4n) is 3.23. The van der Waals surface area contributed by atoms with Crippen LogP contribution in [0.1, 0.15) is 10.4 Å². The summed E-state index contributed by atoms with van der Waals surface area (Å²) in [6, 6.07) is 17.3. The molecule has 0 saturated heterocycles. The molecule has 0 fully saturated rings. The van der Waals surface area contributed by atoms with E-state index in [2.05, 4.69) is 14.8 Å². The van der Waals surface area contributed by atoms with Crippen molar-refractivity contribution in [3.63, 3.8) is 0 Å². The highest BCUT2D eigenvalue weighted by Crippen LogP contribution is 2.32. The molecule has 3 N–H and O–H groups in total. The summed E-state index contributed by atoms with van der Waals surface area (Å²) in [6.45, 7) is 0. The van der Waals surface area contributed by atoms with Crippen molar-refractivity contribution >= 4 is 77.6 Å². The summed E-state index contributed by atoms with van der Waals surface area (Å²) in [4.78, 5) is 12.7. The third-order valence-electron chi connectivity index (χ3n) is 5.06. The molecule has 0 spiro atoms. The van der Waals surface area contributed by atoms with Gasteiger partial charge in [-0.2, -0.15) is 0 Å². The van der Waals surface area contributed by atoms with E-state index in [1.54, 1.807) is 11.4 Å². The van der Waals surface area contributed by atoms with Gasteiger partial charge in [0.05, 0.1) is 27.7 Å². The molecule has 0 aliphatic carbocycles. The van der Waals surface area contributed by atoms with Crippen LogP contribution in [-0.2, 0) is 20.0 Å². The highest BCUT2D eigenvalue weighted by atomic mass is 35.5. The van der Waals surface area contributed by atoms with Crippen molar-refractivity contribution < 1.29 is 26.4 Å². The first-order valence-electron chi connectivity index (χ1n) is 10.6. The number of methoxy groups -OCH3 is 1. The number of benzene rings is 3. The molecule has 4 aromatic rings. The molecule has 3 aromatic carbocycles. The van der Waals surface area contributed by atoms with E-state index in [0.717, 1.165) is 11.3 Å². The standard InChI is InChI=1S/C24H19Cl2N3O6S3/c1-35-22-11-8-17(13-21(22)29-37(31,32)18-9-10-19(25)20(26)14-18)27-24(30)15-4-6-16(7-5-15)28-38(33,34)23-3-2-12-36-23/h2-14,28-29H,1H3,(H,27,30). The zero-order chi connectivity index (χ0) is 27.5. The zero-order valence-corrected chi connectivity index (χ0v) is 23.4. The number of amides is 1. The van der Waals surface area contributed by atoms with Gasteiger partial charge < -0.3 is 10.1 Å². The van der Waals surface area contributed by atoms with Crippen molar-refractivity contribution in [3.8, 4) is 5.75 Å². The zero-order valence-electron chi connectivity index (χ0n) is 19.4. The molecule has 198 valence electrons. The van der Waals surface area contributed by atoms with Crippen molar-refractivity contribution in [1.29, 1.82) is 0 Å². The maximum Gasteiger partial charge on any atom is 0.271 e. The normalized spacial score (nSPS) is 11.6. The number of hydrogen-bond donors (Lipinski definition) is 3. The number of carbonyl (C=O) groups excluding carboxylic acids is 1. The summed E-state index contributed by atoms with van der Waals surface area (Å²) in [7, 11) is -6.40. The van der Waals surface area contributed by atoms with Gasteiger partial charge in [-0.15, -0.1) is 11.3 Å². The second-order valence-electron chi connectivity index (χ2n) is 7.67. The lowest BCUT2D eigenvalue weighted by Gasteiger charge is -2.14. The van der Waals surface area contributed by atoms with Gasteiger partial charge in [0.25, 0.3) is 26.0 Å². The molecular weight excluding hydrogens is 593 g/mol. The van der Waals surface area contributed by atoms with Crippen LogP contribution in [0.5, 0.6) is 5.75 Å². The fourth-order valence-corrected chi connectivity index (χ4v) is 6.73. The monoisotopic (exact) mass is 611 g/mol. The molecule has 0 aliphatic heterocycles. The summed E-state index contributed by atoms with van der Waals surface area (Å²) >= 11 is 12.9. The number of ether oxygens (including phenoxy) is 1. The fraction of sp³-hybridized carbons (Fsp3) is 0.0417. The number of sulfonamides is 2. The third kappa shape index (κ3) is 6.40. The quantitative estimate of drug-likeness (QED) is 0.215. The lowest BCUT2D eigenvalue weighted by atomic mass is 10.2. The number of rotatable bonds is 9. The molecule has 0 bridgehead atoms. The van der Waals surface area contributed by atoms with E-state index >= 15 is 0 Å². The van der Waals surface area contributed by atoms with Gasteiger partial charge >= 0.3 is 0 Å². The van der Waals surface area contributed by atoms with Crippen molar-refractivity contribution in [2.24, 2.45) is 0 Å². The Hall–Kier alpha value is -3.29. The lowest BCUT2D eigenvalue weighted by molar-refractivity contribution is 0.102. The SMILES string of the molecule is COc1ccc(NC(=O)c2ccc(NS(=O)(=O)c3cccs3)cc2)cc1NS(=O)(=O)c1ccc(Cl)c(Cl)c1. The van der Waals surface area contributed by atoms with E-state index in [1.165, 1.54) is 73.8 Å². The van der Waals surface area contributed by atoms with Gasteiger partial charge in [0.15, 0.2) is 0 Å². The van der Waals surface area contributed by atoms with Crippen LogP contribution in [0.3, 0.4) is 0 Å². The highest BCUT2D eigenvalue weighted by Gasteiger charge is 2.19. The molecule has 14 heteroatoms.